The zero-order valence-corrected chi connectivity index (χ0v) is 22.1. The largest absolute Gasteiger partial charge is 1.00 e. The maximum absolute atomic E-state index is 2.29. The van der Waals surface area contributed by atoms with Crippen molar-refractivity contribution in [1.82, 2.24) is 0 Å². The fourth-order valence-corrected chi connectivity index (χ4v) is 3.07. The molecule has 4 heteroatoms. The predicted octanol–water partition coefficient (Wildman–Crippen LogP) is 2.70. The Morgan fingerprint density at radius 3 is 1.28 bits per heavy atom. The molecule has 2 radical (unpaired) electrons. The van der Waals surface area contributed by atoms with E-state index in [0.717, 1.165) is 0 Å². The van der Waals surface area contributed by atoms with Gasteiger partial charge in [0.15, 0.2) is 12.4 Å². The number of pyridine rings is 1. The first-order chi connectivity index (χ1) is 10.9. The van der Waals surface area contributed by atoms with E-state index in [1.54, 1.807) is 0 Å². The molecular formula is C21H38ClNNa2. The number of halogens is 1. The summed E-state index contributed by atoms with van der Waals surface area (Å²) < 4.78 is 2.29. The van der Waals surface area contributed by atoms with Gasteiger partial charge < -0.3 is 12.4 Å². The summed E-state index contributed by atoms with van der Waals surface area (Å²) in [6.45, 7) is 3.47. The molecule has 1 aromatic heterocycles. The Kier molecular flexibility index (Phi) is 31.7. The van der Waals surface area contributed by atoms with Crippen molar-refractivity contribution in [3.63, 3.8) is 0 Å². The van der Waals surface area contributed by atoms with E-state index in [1.165, 1.54) is 96.4 Å². The van der Waals surface area contributed by atoms with Crippen molar-refractivity contribution in [2.75, 3.05) is 0 Å². The molecule has 0 aliphatic carbocycles. The third-order valence-corrected chi connectivity index (χ3v) is 4.55. The fourth-order valence-electron chi connectivity index (χ4n) is 3.07. The summed E-state index contributed by atoms with van der Waals surface area (Å²) in [4.78, 5) is 0. The Hall–Kier alpha value is 1.44. The molecule has 0 spiro atoms. The standard InChI is InChI=1S/C21H38N.ClH.2Na/c1-2-3-4-5-6-7-8-9-10-11-12-13-14-16-19-22-20-17-15-18-21-22;;;/h15,17-18,20-21H,2-14,16,19H2,1H3;1H;;/q+1;;;/p-1. The van der Waals surface area contributed by atoms with Gasteiger partial charge in [0.2, 0.25) is 0 Å². The Bertz CT molecular complexity index is 336. The zero-order chi connectivity index (χ0) is 15.7. The summed E-state index contributed by atoms with van der Waals surface area (Å²) in [5.74, 6) is 0. The molecule has 0 fully saturated rings. The van der Waals surface area contributed by atoms with E-state index < -0.39 is 0 Å². The average molecular weight is 386 g/mol. The van der Waals surface area contributed by atoms with Gasteiger partial charge in [-0.2, -0.15) is 0 Å². The SMILES string of the molecule is CCCCCCCCCCCCCCCC[n+]1ccccc1.[Cl-].[Na].[Na]. The summed E-state index contributed by atoms with van der Waals surface area (Å²) in [5, 5.41) is 0. The van der Waals surface area contributed by atoms with Crippen molar-refractivity contribution in [3.05, 3.63) is 30.6 Å². The number of hydrogen-bond acceptors (Lipinski definition) is 0. The van der Waals surface area contributed by atoms with Crippen LogP contribution in [0, 0.1) is 0 Å². The molecule has 0 saturated heterocycles. The Labute approximate surface area is 208 Å². The molecule has 25 heavy (non-hydrogen) atoms. The summed E-state index contributed by atoms with van der Waals surface area (Å²) in [5.41, 5.74) is 0. The molecule has 0 aliphatic heterocycles. The number of nitrogens with zero attached hydrogens (tertiary/aromatic N) is 1. The maximum Gasteiger partial charge on any atom is 0.168 e. The second kappa shape index (κ2) is 25.4. The van der Waals surface area contributed by atoms with E-state index in [-0.39, 0.29) is 71.5 Å². The molecule has 1 heterocycles. The number of aromatic nitrogens is 1. The van der Waals surface area contributed by atoms with Crippen molar-refractivity contribution < 1.29 is 17.0 Å². The number of aryl methyl sites for hydroxylation is 1. The third-order valence-electron chi connectivity index (χ3n) is 4.55. The van der Waals surface area contributed by atoms with Gasteiger partial charge in [-0.15, -0.1) is 0 Å². The normalized spacial score (nSPS) is 9.64. The molecule has 0 N–H and O–H groups in total. The van der Waals surface area contributed by atoms with Gasteiger partial charge in [-0.3, -0.25) is 0 Å². The van der Waals surface area contributed by atoms with Crippen LogP contribution in [0.15, 0.2) is 30.6 Å². The van der Waals surface area contributed by atoms with Crippen LogP contribution in [0.3, 0.4) is 0 Å². The van der Waals surface area contributed by atoms with Crippen LogP contribution in [0.5, 0.6) is 0 Å². The Balaban J connectivity index is -0.00000161. The average Bonchev–Trinajstić information content (AvgIpc) is 2.56. The molecule has 1 rings (SSSR count). The van der Waals surface area contributed by atoms with E-state index in [4.69, 9.17) is 0 Å². The summed E-state index contributed by atoms with van der Waals surface area (Å²) in [7, 11) is 0. The molecule has 0 saturated carbocycles. The van der Waals surface area contributed by atoms with E-state index >= 15 is 0 Å². The zero-order valence-electron chi connectivity index (χ0n) is 17.3. The van der Waals surface area contributed by atoms with Crippen molar-refractivity contribution in [3.8, 4) is 0 Å². The molecule has 0 aromatic carbocycles. The summed E-state index contributed by atoms with van der Waals surface area (Å²) >= 11 is 0. The van der Waals surface area contributed by atoms with Crippen LogP contribution < -0.4 is 17.0 Å². The first-order valence-corrected chi connectivity index (χ1v) is 9.87. The van der Waals surface area contributed by atoms with Gasteiger partial charge in [-0.1, -0.05) is 90.0 Å². The van der Waals surface area contributed by atoms with Gasteiger partial charge in [0.1, 0.15) is 6.54 Å². The third kappa shape index (κ3) is 21.6. The monoisotopic (exact) mass is 385 g/mol. The van der Waals surface area contributed by atoms with Crippen molar-refractivity contribution in [1.29, 1.82) is 0 Å². The van der Waals surface area contributed by atoms with Crippen LogP contribution in [-0.4, -0.2) is 59.1 Å². The Morgan fingerprint density at radius 1 is 0.520 bits per heavy atom. The van der Waals surface area contributed by atoms with Gasteiger partial charge in [0.25, 0.3) is 0 Å². The number of hydrogen-bond donors (Lipinski definition) is 0. The molecule has 0 atom stereocenters. The van der Waals surface area contributed by atoms with Crippen LogP contribution >= 0.6 is 0 Å². The van der Waals surface area contributed by atoms with Crippen LogP contribution in [0.25, 0.3) is 0 Å². The van der Waals surface area contributed by atoms with Gasteiger partial charge in [-0.25, -0.2) is 4.57 Å². The van der Waals surface area contributed by atoms with Crippen LogP contribution in [-0.2, 0) is 6.54 Å². The van der Waals surface area contributed by atoms with Gasteiger partial charge >= 0.3 is 0 Å². The van der Waals surface area contributed by atoms with E-state index in [2.05, 4.69) is 42.1 Å². The molecular weight excluding hydrogens is 348 g/mol. The minimum absolute atomic E-state index is 0. The molecule has 1 nitrogen and oxygen atoms in total. The first-order valence-electron chi connectivity index (χ1n) is 9.87. The molecule has 0 bridgehead atoms. The molecule has 0 amide bonds. The molecule has 1 aromatic rings. The van der Waals surface area contributed by atoms with E-state index in [0.29, 0.717) is 0 Å². The van der Waals surface area contributed by atoms with Crippen LogP contribution in [0.1, 0.15) is 96.8 Å². The van der Waals surface area contributed by atoms with E-state index in [9.17, 15) is 0 Å². The molecule has 136 valence electrons. The number of unbranched alkanes of at least 4 members (excludes halogenated alkanes) is 13. The Morgan fingerprint density at radius 2 is 0.880 bits per heavy atom. The van der Waals surface area contributed by atoms with Gasteiger partial charge in [0, 0.05) is 77.7 Å². The topological polar surface area (TPSA) is 3.88 Å². The second-order valence-corrected chi connectivity index (χ2v) is 6.71. The van der Waals surface area contributed by atoms with Crippen LogP contribution in [0.2, 0.25) is 0 Å². The van der Waals surface area contributed by atoms with Crippen molar-refractivity contribution in [2.45, 2.75) is 103 Å². The molecule has 0 unspecified atom stereocenters. The summed E-state index contributed by atoms with van der Waals surface area (Å²) in [6, 6.07) is 6.31. The maximum atomic E-state index is 2.29. The minimum Gasteiger partial charge on any atom is -1.00 e. The smallest absolute Gasteiger partial charge is 0.168 e. The van der Waals surface area contributed by atoms with Crippen molar-refractivity contribution in [2.24, 2.45) is 0 Å². The minimum atomic E-state index is 0. The van der Waals surface area contributed by atoms with E-state index in [1.807, 2.05) is 0 Å². The quantitative estimate of drug-likeness (QED) is 0.248. The first kappa shape index (κ1) is 31.1. The fraction of sp³-hybridized carbons (Fsp3) is 0.762. The number of rotatable bonds is 15. The summed E-state index contributed by atoms with van der Waals surface area (Å²) in [6.07, 6.45) is 24.4. The van der Waals surface area contributed by atoms with Crippen molar-refractivity contribution >= 4 is 59.1 Å². The van der Waals surface area contributed by atoms with Crippen LogP contribution in [0.4, 0.5) is 0 Å². The predicted molar refractivity (Wildman–Crippen MR) is 108 cm³/mol. The van der Waals surface area contributed by atoms with Gasteiger partial charge in [0.05, 0.1) is 0 Å². The second-order valence-electron chi connectivity index (χ2n) is 6.71. The molecule has 0 aliphatic rings. The van der Waals surface area contributed by atoms with Gasteiger partial charge in [-0.05, 0) is 6.42 Å².